The minimum Gasteiger partial charge on any atom is -0.496 e. The second-order valence-corrected chi connectivity index (χ2v) is 4.83. The van der Waals surface area contributed by atoms with Crippen LogP contribution in [0.2, 0.25) is 0 Å². The van der Waals surface area contributed by atoms with E-state index in [-0.39, 0.29) is 12.5 Å². The summed E-state index contributed by atoms with van der Waals surface area (Å²) in [7, 11) is 1.57. The fourth-order valence-corrected chi connectivity index (χ4v) is 1.82. The molecular formula is C15H23NO3. The van der Waals surface area contributed by atoms with Crippen molar-refractivity contribution in [1.82, 2.24) is 5.32 Å². The molecule has 0 bridgehead atoms. The van der Waals surface area contributed by atoms with E-state index in [4.69, 9.17) is 4.74 Å². The molecule has 1 aromatic rings. The molecule has 4 heteroatoms. The fraction of sp³-hybridized carbons (Fsp3) is 0.533. The number of aliphatic hydroxyl groups is 1. The first-order valence-corrected chi connectivity index (χ1v) is 6.62. The van der Waals surface area contributed by atoms with Gasteiger partial charge < -0.3 is 15.2 Å². The molecule has 1 unspecified atom stereocenters. The number of hydrogen-bond acceptors (Lipinski definition) is 3. The van der Waals surface area contributed by atoms with Gasteiger partial charge in [-0.05, 0) is 23.6 Å². The Morgan fingerprint density at radius 1 is 1.42 bits per heavy atom. The normalized spacial score (nSPS) is 12.3. The lowest BCUT2D eigenvalue weighted by Crippen LogP contribution is -2.27. The number of benzene rings is 1. The predicted octanol–water partition coefficient (Wildman–Crippen LogP) is 2.38. The zero-order valence-corrected chi connectivity index (χ0v) is 12.1. The van der Waals surface area contributed by atoms with E-state index in [2.05, 4.69) is 19.2 Å². The summed E-state index contributed by atoms with van der Waals surface area (Å²) < 4.78 is 5.26. The van der Waals surface area contributed by atoms with Gasteiger partial charge in [0.25, 0.3) is 0 Å². The molecule has 0 aliphatic heterocycles. The van der Waals surface area contributed by atoms with Crippen LogP contribution in [0, 0.1) is 0 Å². The highest BCUT2D eigenvalue weighted by molar-refractivity contribution is 5.75. The Kier molecular flexibility index (Phi) is 5.83. The summed E-state index contributed by atoms with van der Waals surface area (Å²) in [5.41, 5.74) is 1.85. The number of amides is 1. The van der Waals surface area contributed by atoms with E-state index in [0.717, 1.165) is 5.56 Å². The Bertz CT molecular complexity index is 429. The fourth-order valence-electron chi connectivity index (χ4n) is 1.82. The van der Waals surface area contributed by atoms with E-state index in [1.165, 1.54) is 0 Å². The largest absolute Gasteiger partial charge is 0.496 e. The average molecular weight is 265 g/mol. The second-order valence-electron chi connectivity index (χ2n) is 4.83. The third kappa shape index (κ3) is 4.24. The molecule has 1 rings (SSSR count). The summed E-state index contributed by atoms with van der Waals surface area (Å²) in [6.45, 7) is 6.17. The predicted molar refractivity (Wildman–Crippen MR) is 75.3 cm³/mol. The molecule has 2 N–H and O–H groups in total. The van der Waals surface area contributed by atoms with E-state index in [1.807, 2.05) is 18.2 Å². The zero-order valence-electron chi connectivity index (χ0n) is 12.1. The maximum Gasteiger partial charge on any atom is 0.219 e. The van der Waals surface area contributed by atoms with Crippen molar-refractivity contribution in [3.05, 3.63) is 29.3 Å². The lowest BCUT2D eigenvalue weighted by Gasteiger charge is -2.17. The van der Waals surface area contributed by atoms with E-state index in [1.54, 1.807) is 14.0 Å². The molecule has 0 aromatic heterocycles. The van der Waals surface area contributed by atoms with Gasteiger partial charge in [0.2, 0.25) is 5.91 Å². The maximum absolute atomic E-state index is 11.2. The lowest BCUT2D eigenvalue weighted by molar-refractivity contribution is -0.121. The van der Waals surface area contributed by atoms with Gasteiger partial charge in [-0.3, -0.25) is 4.79 Å². The molecule has 0 spiro atoms. The average Bonchev–Trinajstić information content (AvgIpc) is 2.43. The molecule has 4 nitrogen and oxygen atoms in total. The van der Waals surface area contributed by atoms with Crippen LogP contribution in [0.3, 0.4) is 0 Å². The first-order chi connectivity index (χ1) is 8.99. The number of aliphatic hydroxyl groups excluding tert-OH is 1. The van der Waals surface area contributed by atoms with Crippen LogP contribution in [-0.4, -0.2) is 24.7 Å². The van der Waals surface area contributed by atoms with Crippen LogP contribution in [0.5, 0.6) is 5.75 Å². The van der Waals surface area contributed by atoms with Crippen molar-refractivity contribution in [2.45, 2.75) is 39.2 Å². The highest BCUT2D eigenvalue weighted by atomic mass is 16.5. The second kappa shape index (κ2) is 7.14. The summed E-state index contributed by atoms with van der Waals surface area (Å²) in [6, 6.07) is 5.78. The number of hydrogen-bond donors (Lipinski definition) is 2. The summed E-state index contributed by atoms with van der Waals surface area (Å²) in [4.78, 5) is 11.2. The van der Waals surface area contributed by atoms with Crippen molar-refractivity contribution in [1.29, 1.82) is 0 Å². The lowest BCUT2D eigenvalue weighted by atomic mass is 9.98. The first-order valence-electron chi connectivity index (χ1n) is 6.62. The Morgan fingerprint density at radius 2 is 2.11 bits per heavy atom. The van der Waals surface area contributed by atoms with Crippen LogP contribution in [0.4, 0.5) is 0 Å². The minimum atomic E-state index is -0.760. The zero-order chi connectivity index (χ0) is 14.4. The molecule has 106 valence electrons. The molecule has 0 heterocycles. The Labute approximate surface area is 114 Å². The molecule has 0 saturated carbocycles. The molecule has 19 heavy (non-hydrogen) atoms. The van der Waals surface area contributed by atoms with Gasteiger partial charge in [0.1, 0.15) is 5.75 Å². The number of rotatable bonds is 6. The molecule has 1 amide bonds. The maximum atomic E-state index is 11.2. The van der Waals surface area contributed by atoms with Gasteiger partial charge in [-0.25, -0.2) is 0 Å². The van der Waals surface area contributed by atoms with Crippen molar-refractivity contribution in [3.8, 4) is 5.75 Å². The topological polar surface area (TPSA) is 58.6 Å². The van der Waals surface area contributed by atoms with Crippen LogP contribution in [0.1, 0.15) is 50.3 Å². The smallest absolute Gasteiger partial charge is 0.219 e. The SMILES string of the molecule is CCC(=O)NCC(O)c1cc(C(C)C)ccc1OC. The number of carbonyl (C=O) groups is 1. The molecule has 1 atom stereocenters. The summed E-state index contributed by atoms with van der Waals surface area (Å²) >= 11 is 0. The van der Waals surface area contributed by atoms with Gasteiger partial charge in [-0.1, -0.05) is 26.8 Å². The molecule has 0 fully saturated rings. The Balaban J connectivity index is 2.89. The quantitative estimate of drug-likeness (QED) is 0.830. The summed E-state index contributed by atoms with van der Waals surface area (Å²) in [5.74, 6) is 0.947. The molecule has 0 aliphatic carbocycles. The van der Waals surface area contributed by atoms with Crippen LogP contribution < -0.4 is 10.1 Å². The van der Waals surface area contributed by atoms with Crippen molar-refractivity contribution < 1.29 is 14.6 Å². The van der Waals surface area contributed by atoms with Crippen molar-refractivity contribution in [2.24, 2.45) is 0 Å². The van der Waals surface area contributed by atoms with Gasteiger partial charge in [-0.15, -0.1) is 0 Å². The number of carbonyl (C=O) groups excluding carboxylic acids is 1. The Hall–Kier alpha value is -1.55. The number of nitrogens with one attached hydrogen (secondary N) is 1. The molecule has 0 saturated heterocycles. The first kappa shape index (κ1) is 15.5. The van der Waals surface area contributed by atoms with Gasteiger partial charge in [0, 0.05) is 18.5 Å². The summed E-state index contributed by atoms with van der Waals surface area (Å²) in [6.07, 6.45) is -0.347. The number of methoxy groups -OCH3 is 1. The molecule has 0 radical (unpaired) electrons. The molecular weight excluding hydrogens is 242 g/mol. The third-order valence-corrected chi connectivity index (χ3v) is 3.09. The van der Waals surface area contributed by atoms with Gasteiger partial charge >= 0.3 is 0 Å². The van der Waals surface area contributed by atoms with Gasteiger partial charge in [-0.2, -0.15) is 0 Å². The van der Waals surface area contributed by atoms with Crippen molar-refractivity contribution in [3.63, 3.8) is 0 Å². The highest BCUT2D eigenvalue weighted by Crippen LogP contribution is 2.28. The number of ether oxygens (including phenoxy) is 1. The third-order valence-electron chi connectivity index (χ3n) is 3.09. The van der Waals surface area contributed by atoms with E-state index >= 15 is 0 Å². The Morgan fingerprint density at radius 3 is 2.63 bits per heavy atom. The van der Waals surface area contributed by atoms with Crippen LogP contribution in [0.15, 0.2) is 18.2 Å². The van der Waals surface area contributed by atoms with Gasteiger partial charge in [0.15, 0.2) is 0 Å². The monoisotopic (exact) mass is 265 g/mol. The van der Waals surface area contributed by atoms with E-state index in [0.29, 0.717) is 23.7 Å². The van der Waals surface area contributed by atoms with E-state index in [9.17, 15) is 9.90 Å². The minimum absolute atomic E-state index is 0.0713. The van der Waals surface area contributed by atoms with Crippen LogP contribution >= 0.6 is 0 Å². The summed E-state index contributed by atoms with van der Waals surface area (Å²) in [5, 5.41) is 12.9. The van der Waals surface area contributed by atoms with Crippen molar-refractivity contribution >= 4 is 5.91 Å². The highest BCUT2D eigenvalue weighted by Gasteiger charge is 2.15. The van der Waals surface area contributed by atoms with Crippen LogP contribution in [0.25, 0.3) is 0 Å². The van der Waals surface area contributed by atoms with E-state index < -0.39 is 6.10 Å². The standard InChI is InChI=1S/C15H23NO3/c1-5-15(18)16-9-13(17)12-8-11(10(2)3)6-7-14(12)19-4/h6-8,10,13,17H,5,9H2,1-4H3,(H,16,18). The molecule has 1 aromatic carbocycles. The van der Waals surface area contributed by atoms with Crippen LogP contribution in [-0.2, 0) is 4.79 Å². The van der Waals surface area contributed by atoms with Crippen molar-refractivity contribution in [2.75, 3.05) is 13.7 Å². The van der Waals surface area contributed by atoms with Gasteiger partial charge in [0.05, 0.1) is 13.2 Å². The molecule has 0 aliphatic rings.